The van der Waals surface area contributed by atoms with Crippen LogP contribution in [0.25, 0.3) is 0 Å². The van der Waals surface area contributed by atoms with Crippen LogP contribution < -0.4 is 16.2 Å². The summed E-state index contributed by atoms with van der Waals surface area (Å²) in [5.74, 6) is 0.837. The van der Waals surface area contributed by atoms with Crippen molar-refractivity contribution in [2.75, 3.05) is 18.6 Å². The molecule has 0 aliphatic carbocycles. The molecule has 20 heavy (non-hydrogen) atoms. The second-order valence-corrected chi connectivity index (χ2v) is 5.65. The summed E-state index contributed by atoms with van der Waals surface area (Å²) in [6.45, 7) is 6.58. The lowest BCUT2D eigenvalue weighted by molar-refractivity contribution is 0.415. The van der Waals surface area contributed by atoms with E-state index in [9.17, 15) is 0 Å². The minimum atomic E-state index is 0.230. The van der Waals surface area contributed by atoms with E-state index in [0.717, 1.165) is 17.1 Å². The number of anilines is 2. The van der Waals surface area contributed by atoms with E-state index in [0.29, 0.717) is 0 Å². The third-order valence-electron chi connectivity index (χ3n) is 2.89. The van der Waals surface area contributed by atoms with Gasteiger partial charge in [-0.2, -0.15) is 0 Å². The Morgan fingerprint density at radius 2 is 1.15 bits per heavy atom. The molecule has 3 heteroatoms. The lowest BCUT2D eigenvalue weighted by Gasteiger charge is -2.18. The first-order chi connectivity index (χ1) is 9.32. The van der Waals surface area contributed by atoms with Gasteiger partial charge in [-0.1, -0.05) is 32.9 Å². The maximum atomic E-state index is 5.57. The van der Waals surface area contributed by atoms with Crippen LogP contribution in [0.1, 0.15) is 26.3 Å². The van der Waals surface area contributed by atoms with E-state index in [2.05, 4.69) is 32.9 Å². The topological polar surface area (TPSA) is 61.3 Å². The molecule has 0 aliphatic rings. The number of benzene rings is 2. The van der Waals surface area contributed by atoms with Crippen LogP contribution >= 0.6 is 0 Å². The number of methoxy groups -OCH3 is 1. The van der Waals surface area contributed by atoms with Crippen LogP contribution in [-0.4, -0.2) is 7.11 Å². The van der Waals surface area contributed by atoms with Gasteiger partial charge in [-0.15, -0.1) is 0 Å². The van der Waals surface area contributed by atoms with Crippen molar-refractivity contribution in [3.63, 3.8) is 0 Å². The van der Waals surface area contributed by atoms with E-state index in [1.807, 2.05) is 24.3 Å². The average Bonchev–Trinajstić information content (AvgIpc) is 2.40. The molecule has 0 spiro atoms. The molecule has 0 radical (unpaired) electrons. The monoisotopic (exact) mass is 272 g/mol. The van der Waals surface area contributed by atoms with Crippen LogP contribution in [0.3, 0.4) is 0 Å². The summed E-state index contributed by atoms with van der Waals surface area (Å²) in [6, 6.07) is 15.3. The van der Waals surface area contributed by atoms with E-state index in [1.54, 1.807) is 19.2 Å². The fourth-order valence-electron chi connectivity index (χ4n) is 1.59. The first-order valence-corrected chi connectivity index (χ1v) is 6.58. The molecule has 4 N–H and O–H groups in total. The zero-order valence-electron chi connectivity index (χ0n) is 12.7. The molecule has 2 rings (SSSR count). The van der Waals surface area contributed by atoms with Crippen LogP contribution in [0.4, 0.5) is 11.4 Å². The second-order valence-electron chi connectivity index (χ2n) is 5.65. The van der Waals surface area contributed by atoms with E-state index >= 15 is 0 Å². The van der Waals surface area contributed by atoms with Crippen LogP contribution in [0.5, 0.6) is 5.75 Å². The van der Waals surface area contributed by atoms with Gasteiger partial charge in [0.15, 0.2) is 0 Å². The summed E-state index contributed by atoms with van der Waals surface area (Å²) in [5, 5.41) is 0. The van der Waals surface area contributed by atoms with Gasteiger partial charge in [-0.25, -0.2) is 0 Å². The summed E-state index contributed by atoms with van der Waals surface area (Å²) >= 11 is 0. The summed E-state index contributed by atoms with van der Waals surface area (Å²) in [4.78, 5) is 0. The Hall–Kier alpha value is -2.16. The number of hydrogen-bond donors (Lipinski definition) is 2. The quantitative estimate of drug-likeness (QED) is 0.775. The predicted molar refractivity (Wildman–Crippen MR) is 87.0 cm³/mol. The van der Waals surface area contributed by atoms with Crippen molar-refractivity contribution in [3.05, 3.63) is 54.1 Å². The molecule has 0 aromatic heterocycles. The van der Waals surface area contributed by atoms with Gasteiger partial charge in [-0.05, 0) is 47.4 Å². The van der Waals surface area contributed by atoms with E-state index < -0.39 is 0 Å². The minimum absolute atomic E-state index is 0.230. The number of hydrogen-bond acceptors (Lipinski definition) is 3. The molecule has 0 saturated heterocycles. The van der Waals surface area contributed by atoms with Crippen LogP contribution in [0.15, 0.2) is 48.5 Å². The molecule has 0 bridgehead atoms. The maximum absolute atomic E-state index is 5.57. The SMILES string of the molecule is CC(C)(C)c1ccc(N)cc1.COc1ccc(N)cc1. The number of nitrogens with two attached hydrogens (primary N) is 2. The van der Waals surface area contributed by atoms with Gasteiger partial charge in [0.2, 0.25) is 0 Å². The number of nitrogen functional groups attached to an aromatic ring is 2. The fraction of sp³-hybridized carbons (Fsp3) is 0.294. The highest BCUT2D eigenvalue weighted by Crippen LogP contribution is 2.22. The normalized spacial score (nSPS) is 10.4. The highest BCUT2D eigenvalue weighted by atomic mass is 16.5. The van der Waals surface area contributed by atoms with Crippen molar-refractivity contribution in [1.82, 2.24) is 0 Å². The Balaban J connectivity index is 0.000000204. The molecular formula is C17H24N2O. The zero-order valence-corrected chi connectivity index (χ0v) is 12.7. The predicted octanol–water partition coefficient (Wildman–Crippen LogP) is 3.84. The first kappa shape index (κ1) is 15.9. The van der Waals surface area contributed by atoms with E-state index in [4.69, 9.17) is 16.2 Å². The molecule has 108 valence electrons. The fourth-order valence-corrected chi connectivity index (χ4v) is 1.59. The summed E-state index contributed by atoms with van der Waals surface area (Å²) < 4.78 is 4.91. The summed E-state index contributed by atoms with van der Waals surface area (Å²) in [5.41, 5.74) is 14.1. The maximum Gasteiger partial charge on any atom is 0.119 e. The van der Waals surface area contributed by atoms with Gasteiger partial charge in [-0.3, -0.25) is 0 Å². The molecule has 0 unspecified atom stereocenters. The summed E-state index contributed by atoms with van der Waals surface area (Å²) in [6.07, 6.45) is 0. The van der Waals surface area contributed by atoms with Crippen LogP contribution in [-0.2, 0) is 5.41 Å². The molecule has 3 nitrogen and oxygen atoms in total. The number of rotatable bonds is 1. The van der Waals surface area contributed by atoms with Gasteiger partial charge in [0, 0.05) is 11.4 Å². The van der Waals surface area contributed by atoms with Crippen molar-refractivity contribution < 1.29 is 4.74 Å². The van der Waals surface area contributed by atoms with E-state index in [1.165, 1.54) is 5.56 Å². The first-order valence-electron chi connectivity index (χ1n) is 6.58. The van der Waals surface area contributed by atoms with Gasteiger partial charge >= 0.3 is 0 Å². The molecule has 2 aromatic carbocycles. The molecule has 0 fully saturated rings. The molecule has 0 saturated carbocycles. The van der Waals surface area contributed by atoms with E-state index in [-0.39, 0.29) is 5.41 Å². The highest BCUT2D eigenvalue weighted by Gasteiger charge is 2.11. The average molecular weight is 272 g/mol. The van der Waals surface area contributed by atoms with Crippen molar-refractivity contribution in [2.45, 2.75) is 26.2 Å². The molecule has 0 aliphatic heterocycles. The van der Waals surface area contributed by atoms with Crippen molar-refractivity contribution >= 4 is 11.4 Å². The lowest BCUT2D eigenvalue weighted by atomic mass is 9.87. The smallest absolute Gasteiger partial charge is 0.119 e. The largest absolute Gasteiger partial charge is 0.497 e. The van der Waals surface area contributed by atoms with Crippen LogP contribution in [0, 0.1) is 0 Å². The Labute approximate surface area is 121 Å². The highest BCUT2D eigenvalue weighted by molar-refractivity contribution is 5.41. The standard InChI is InChI=1S/C10H15N.C7H9NO/c1-10(2,3)8-4-6-9(11)7-5-8;1-9-7-4-2-6(8)3-5-7/h4-7H,11H2,1-3H3;2-5H,8H2,1H3. The Bertz CT molecular complexity index is 510. The van der Waals surface area contributed by atoms with Gasteiger partial charge < -0.3 is 16.2 Å². The molecular weight excluding hydrogens is 248 g/mol. The van der Waals surface area contributed by atoms with Crippen molar-refractivity contribution in [3.8, 4) is 5.75 Å². The zero-order chi connectivity index (χ0) is 15.2. The molecule has 0 atom stereocenters. The molecule has 0 heterocycles. The second kappa shape index (κ2) is 6.85. The van der Waals surface area contributed by atoms with Gasteiger partial charge in [0.05, 0.1) is 7.11 Å². The van der Waals surface area contributed by atoms with Crippen molar-refractivity contribution in [2.24, 2.45) is 0 Å². The lowest BCUT2D eigenvalue weighted by Crippen LogP contribution is -2.10. The molecule has 0 amide bonds. The minimum Gasteiger partial charge on any atom is -0.497 e. The Morgan fingerprint density at radius 3 is 1.50 bits per heavy atom. The molecule has 2 aromatic rings. The van der Waals surface area contributed by atoms with Gasteiger partial charge in [0.25, 0.3) is 0 Å². The third kappa shape index (κ3) is 5.22. The van der Waals surface area contributed by atoms with Crippen LogP contribution in [0.2, 0.25) is 0 Å². The Morgan fingerprint density at radius 1 is 0.750 bits per heavy atom. The summed E-state index contributed by atoms with van der Waals surface area (Å²) in [7, 11) is 1.63. The Kier molecular flexibility index (Phi) is 5.44. The van der Waals surface area contributed by atoms with Crippen molar-refractivity contribution in [1.29, 1.82) is 0 Å². The third-order valence-corrected chi connectivity index (χ3v) is 2.89. The van der Waals surface area contributed by atoms with Gasteiger partial charge in [0.1, 0.15) is 5.75 Å². The number of ether oxygens (including phenoxy) is 1.